The third-order valence-electron chi connectivity index (χ3n) is 4.93. The monoisotopic (exact) mass is 418 g/mol. The van der Waals surface area contributed by atoms with Gasteiger partial charge in [-0.1, -0.05) is 78.9 Å². The third-order valence-corrected chi connectivity index (χ3v) is 6.64. The fourth-order valence-corrected chi connectivity index (χ4v) is 5.05. The molecule has 6 heteroatoms. The minimum Gasteiger partial charge on any atom is -0.350 e. The van der Waals surface area contributed by atoms with Crippen LogP contribution in [-0.2, 0) is 33.5 Å². The SMILES string of the molecule is O=C(Cn1cc(S(=O)(=O)Cc2ccccc2)c2ccccc21)NCc1ccccc1. The number of rotatable bonds is 7. The Hall–Kier alpha value is -3.38. The van der Waals surface area contributed by atoms with E-state index in [-0.39, 0.29) is 23.1 Å². The molecule has 1 aromatic heterocycles. The molecule has 5 nitrogen and oxygen atoms in total. The van der Waals surface area contributed by atoms with Crippen molar-refractivity contribution in [1.82, 2.24) is 9.88 Å². The van der Waals surface area contributed by atoms with E-state index in [9.17, 15) is 13.2 Å². The van der Waals surface area contributed by atoms with Gasteiger partial charge in [0.25, 0.3) is 0 Å². The van der Waals surface area contributed by atoms with E-state index >= 15 is 0 Å². The number of hydrogen-bond donors (Lipinski definition) is 1. The molecule has 3 aromatic carbocycles. The standard InChI is InChI=1S/C24H22N2O3S/c27-24(25-15-19-9-3-1-4-10-19)17-26-16-23(21-13-7-8-14-22(21)26)30(28,29)18-20-11-5-2-6-12-20/h1-14,16H,15,17-18H2,(H,25,27). The number of hydrogen-bond acceptors (Lipinski definition) is 3. The summed E-state index contributed by atoms with van der Waals surface area (Å²) in [6.07, 6.45) is 1.57. The minimum atomic E-state index is -3.56. The highest BCUT2D eigenvalue weighted by molar-refractivity contribution is 7.90. The van der Waals surface area contributed by atoms with Crippen molar-refractivity contribution < 1.29 is 13.2 Å². The molecule has 0 saturated heterocycles. The second-order valence-corrected chi connectivity index (χ2v) is 9.10. The van der Waals surface area contributed by atoms with Crippen LogP contribution < -0.4 is 5.32 Å². The number of aromatic nitrogens is 1. The molecule has 0 aliphatic heterocycles. The fraction of sp³-hybridized carbons (Fsp3) is 0.125. The summed E-state index contributed by atoms with van der Waals surface area (Å²) < 4.78 is 27.9. The summed E-state index contributed by atoms with van der Waals surface area (Å²) >= 11 is 0. The van der Waals surface area contributed by atoms with Crippen LogP contribution in [0.25, 0.3) is 10.9 Å². The Balaban J connectivity index is 1.58. The van der Waals surface area contributed by atoms with E-state index in [1.54, 1.807) is 29.0 Å². The Bertz CT molecular complexity index is 1260. The van der Waals surface area contributed by atoms with Gasteiger partial charge in [-0.3, -0.25) is 4.79 Å². The average molecular weight is 419 g/mol. The molecule has 1 amide bonds. The van der Waals surface area contributed by atoms with Crippen LogP contribution in [0, 0.1) is 0 Å². The smallest absolute Gasteiger partial charge is 0.240 e. The molecule has 0 aliphatic rings. The van der Waals surface area contributed by atoms with Crippen LogP contribution in [0.4, 0.5) is 0 Å². The molecule has 4 rings (SSSR count). The van der Waals surface area contributed by atoms with Crippen LogP contribution in [0.1, 0.15) is 11.1 Å². The van der Waals surface area contributed by atoms with Crippen LogP contribution in [0.3, 0.4) is 0 Å². The maximum atomic E-state index is 13.1. The second kappa shape index (κ2) is 8.55. The number of amides is 1. The molecule has 1 N–H and O–H groups in total. The third kappa shape index (κ3) is 4.44. The van der Waals surface area contributed by atoms with E-state index in [0.717, 1.165) is 16.6 Å². The number of fused-ring (bicyclic) bond motifs is 1. The Labute approximate surface area is 175 Å². The lowest BCUT2D eigenvalue weighted by Crippen LogP contribution is -2.26. The highest BCUT2D eigenvalue weighted by Gasteiger charge is 2.22. The lowest BCUT2D eigenvalue weighted by Gasteiger charge is -2.07. The van der Waals surface area contributed by atoms with Gasteiger partial charge < -0.3 is 9.88 Å². The normalized spacial score (nSPS) is 11.5. The first-order valence-corrected chi connectivity index (χ1v) is 11.3. The highest BCUT2D eigenvalue weighted by atomic mass is 32.2. The van der Waals surface area contributed by atoms with Gasteiger partial charge in [0.1, 0.15) is 6.54 Å². The molecule has 0 saturated carbocycles. The van der Waals surface area contributed by atoms with Gasteiger partial charge in [0.15, 0.2) is 9.84 Å². The van der Waals surface area contributed by atoms with Gasteiger partial charge >= 0.3 is 0 Å². The zero-order valence-electron chi connectivity index (χ0n) is 16.4. The Morgan fingerprint density at radius 3 is 2.10 bits per heavy atom. The van der Waals surface area contributed by atoms with Gasteiger partial charge in [0.05, 0.1) is 10.6 Å². The minimum absolute atomic E-state index is 0.0498. The summed E-state index contributed by atoms with van der Waals surface area (Å²) in [7, 11) is -3.56. The molecule has 0 unspecified atom stereocenters. The Morgan fingerprint density at radius 1 is 0.800 bits per heavy atom. The zero-order chi connectivity index (χ0) is 21.0. The quantitative estimate of drug-likeness (QED) is 0.494. The summed E-state index contributed by atoms with van der Waals surface area (Å²) in [4.78, 5) is 12.7. The number of nitrogens with one attached hydrogen (secondary N) is 1. The molecular weight excluding hydrogens is 396 g/mol. The number of carbonyl (C=O) groups excluding carboxylic acids is 1. The zero-order valence-corrected chi connectivity index (χ0v) is 17.2. The molecule has 0 spiro atoms. The first-order valence-electron chi connectivity index (χ1n) is 9.68. The van der Waals surface area contributed by atoms with Gasteiger partial charge in [-0.2, -0.15) is 0 Å². The predicted molar refractivity (Wildman–Crippen MR) is 118 cm³/mol. The van der Waals surface area contributed by atoms with E-state index in [2.05, 4.69) is 5.32 Å². The van der Waals surface area contributed by atoms with Crippen LogP contribution in [0.5, 0.6) is 0 Å². The largest absolute Gasteiger partial charge is 0.350 e. The number of sulfone groups is 1. The first-order chi connectivity index (χ1) is 14.5. The summed E-state index contributed by atoms with van der Waals surface area (Å²) in [5, 5.41) is 3.52. The molecule has 1 heterocycles. The van der Waals surface area contributed by atoms with E-state index in [0.29, 0.717) is 11.9 Å². The van der Waals surface area contributed by atoms with E-state index in [1.807, 2.05) is 66.7 Å². The lowest BCUT2D eigenvalue weighted by atomic mass is 10.2. The molecule has 0 atom stereocenters. The molecule has 4 aromatic rings. The maximum absolute atomic E-state index is 13.1. The van der Waals surface area contributed by atoms with Crippen molar-refractivity contribution >= 4 is 26.6 Å². The number of carbonyl (C=O) groups is 1. The number of benzene rings is 3. The van der Waals surface area contributed by atoms with Crippen molar-refractivity contribution in [3.63, 3.8) is 0 Å². The van der Waals surface area contributed by atoms with Gasteiger partial charge in [-0.15, -0.1) is 0 Å². The predicted octanol–water partition coefficient (Wildman–Crippen LogP) is 3.93. The molecule has 0 fully saturated rings. The van der Waals surface area contributed by atoms with Gasteiger partial charge in [0.2, 0.25) is 5.91 Å². The van der Waals surface area contributed by atoms with Crippen LogP contribution in [0.15, 0.2) is 96.0 Å². The van der Waals surface area contributed by atoms with Crippen molar-refractivity contribution in [1.29, 1.82) is 0 Å². The summed E-state index contributed by atoms with van der Waals surface area (Å²) in [5.41, 5.74) is 2.46. The second-order valence-electron chi connectivity index (χ2n) is 7.15. The van der Waals surface area contributed by atoms with E-state index < -0.39 is 9.84 Å². The van der Waals surface area contributed by atoms with Crippen LogP contribution >= 0.6 is 0 Å². The van der Waals surface area contributed by atoms with Crippen molar-refractivity contribution in [3.8, 4) is 0 Å². The molecule has 0 aliphatic carbocycles. The molecule has 30 heavy (non-hydrogen) atoms. The van der Waals surface area contributed by atoms with Gasteiger partial charge in [-0.05, 0) is 17.2 Å². The van der Waals surface area contributed by atoms with Crippen molar-refractivity contribution in [2.45, 2.75) is 23.7 Å². The molecule has 152 valence electrons. The number of para-hydroxylation sites is 1. The summed E-state index contributed by atoms with van der Waals surface area (Å²) in [5.74, 6) is -0.256. The maximum Gasteiger partial charge on any atom is 0.240 e. The van der Waals surface area contributed by atoms with Gasteiger partial charge in [-0.25, -0.2) is 8.42 Å². The number of nitrogens with zero attached hydrogens (tertiary/aromatic N) is 1. The van der Waals surface area contributed by atoms with Crippen molar-refractivity contribution in [2.24, 2.45) is 0 Å². The highest BCUT2D eigenvalue weighted by Crippen LogP contribution is 2.28. The van der Waals surface area contributed by atoms with Crippen LogP contribution in [-0.4, -0.2) is 18.9 Å². The Morgan fingerprint density at radius 2 is 1.40 bits per heavy atom. The topological polar surface area (TPSA) is 68.2 Å². The fourth-order valence-electron chi connectivity index (χ4n) is 3.47. The van der Waals surface area contributed by atoms with E-state index in [4.69, 9.17) is 0 Å². The molecular formula is C24H22N2O3S. The van der Waals surface area contributed by atoms with Crippen molar-refractivity contribution in [2.75, 3.05) is 0 Å². The Kier molecular flexibility index (Phi) is 5.68. The van der Waals surface area contributed by atoms with Crippen LogP contribution in [0.2, 0.25) is 0 Å². The van der Waals surface area contributed by atoms with Gasteiger partial charge in [0, 0.05) is 23.6 Å². The van der Waals surface area contributed by atoms with Crippen molar-refractivity contribution in [3.05, 3.63) is 102 Å². The average Bonchev–Trinajstić information content (AvgIpc) is 3.13. The molecule has 0 radical (unpaired) electrons. The first kappa shape index (κ1) is 19.9. The summed E-state index contributed by atoms with van der Waals surface area (Å²) in [6.45, 7) is 0.478. The lowest BCUT2D eigenvalue weighted by molar-refractivity contribution is -0.121. The summed E-state index contributed by atoms with van der Waals surface area (Å²) in [6, 6.07) is 26.0. The molecule has 0 bridgehead atoms. The van der Waals surface area contributed by atoms with E-state index in [1.165, 1.54) is 0 Å².